The monoisotopic (exact) mass is 272 g/mol. The van der Waals surface area contributed by atoms with Crippen molar-refractivity contribution in [2.24, 2.45) is 10.2 Å². The summed E-state index contributed by atoms with van der Waals surface area (Å²) in [4.78, 5) is 6.76. The van der Waals surface area contributed by atoms with Gasteiger partial charge in [-0.05, 0) is 30.3 Å². The maximum Gasteiger partial charge on any atom is 0.218 e. The number of pyridine rings is 1. The fourth-order valence-electron chi connectivity index (χ4n) is 1.76. The van der Waals surface area contributed by atoms with E-state index in [0.29, 0.717) is 16.4 Å². The number of aromatic amines is 1. The highest BCUT2D eigenvalue weighted by Gasteiger charge is 2.10. The first-order chi connectivity index (χ1) is 9.24. The van der Waals surface area contributed by atoms with Gasteiger partial charge in [0.15, 0.2) is 5.69 Å². The van der Waals surface area contributed by atoms with Gasteiger partial charge in [0.2, 0.25) is 5.88 Å². The Morgan fingerprint density at radius 3 is 2.89 bits per heavy atom. The van der Waals surface area contributed by atoms with Crippen LogP contribution in [0.3, 0.4) is 0 Å². The molecule has 19 heavy (non-hydrogen) atoms. The maximum atomic E-state index is 9.84. The van der Waals surface area contributed by atoms with Crippen molar-refractivity contribution in [3.8, 4) is 5.88 Å². The summed E-state index contributed by atoms with van der Waals surface area (Å²) in [6.07, 6.45) is 3.24. The summed E-state index contributed by atoms with van der Waals surface area (Å²) in [5.74, 6) is -0.0371. The lowest BCUT2D eigenvalue weighted by atomic mass is 10.2. The van der Waals surface area contributed by atoms with Crippen molar-refractivity contribution in [3.05, 3.63) is 47.7 Å². The second kappa shape index (κ2) is 4.70. The van der Waals surface area contributed by atoms with Crippen molar-refractivity contribution in [2.45, 2.75) is 0 Å². The molecule has 2 aromatic heterocycles. The lowest BCUT2D eigenvalue weighted by Crippen LogP contribution is -1.68. The third-order valence-corrected chi connectivity index (χ3v) is 2.86. The lowest BCUT2D eigenvalue weighted by molar-refractivity contribution is 0.459. The average Bonchev–Trinajstić information content (AvgIpc) is 2.73. The molecule has 2 N–H and O–H groups in total. The summed E-state index contributed by atoms with van der Waals surface area (Å²) >= 11 is 5.94. The molecule has 94 valence electrons. The minimum atomic E-state index is -0.0371. The van der Waals surface area contributed by atoms with Crippen LogP contribution in [0.2, 0.25) is 5.02 Å². The number of nitrogens with zero attached hydrogens (tertiary/aromatic N) is 3. The molecule has 1 aromatic carbocycles. The van der Waals surface area contributed by atoms with E-state index in [2.05, 4.69) is 20.2 Å². The van der Waals surface area contributed by atoms with Gasteiger partial charge in [0.1, 0.15) is 5.69 Å². The predicted octanol–water partition coefficient (Wildman–Crippen LogP) is 4.34. The summed E-state index contributed by atoms with van der Waals surface area (Å²) in [5, 5.41) is 19.2. The van der Waals surface area contributed by atoms with Gasteiger partial charge < -0.3 is 10.1 Å². The molecule has 0 aliphatic heterocycles. The Morgan fingerprint density at radius 2 is 2.11 bits per heavy atom. The normalized spacial score (nSPS) is 11.4. The number of nitrogens with one attached hydrogen (secondary N) is 1. The fourth-order valence-corrected chi connectivity index (χ4v) is 1.93. The molecule has 0 amide bonds. The molecule has 0 radical (unpaired) electrons. The zero-order valence-corrected chi connectivity index (χ0v) is 10.5. The van der Waals surface area contributed by atoms with E-state index in [0.717, 1.165) is 10.9 Å². The first-order valence-corrected chi connectivity index (χ1v) is 5.94. The Balaban J connectivity index is 2.07. The Kier molecular flexibility index (Phi) is 2.89. The molecule has 6 heteroatoms. The molecule has 0 spiro atoms. The minimum absolute atomic E-state index is 0.0371. The molecular formula is C13H9ClN4O. The van der Waals surface area contributed by atoms with Crippen molar-refractivity contribution in [2.75, 3.05) is 0 Å². The molecule has 0 atom stereocenters. The van der Waals surface area contributed by atoms with Crippen LogP contribution in [0.4, 0.5) is 11.4 Å². The molecule has 3 aromatic rings. The summed E-state index contributed by atoms with van der Waals surface area (Å²) < 4.78 is 0. The summed E-state index contributed by atoms with van der Waals surface area (Å²) in [6, 6.07) is 8.78. The molecule has 0 aliphatic rings. The van der Waals surface area contributed by atoms with E-state index in [1.165, 1.54) is 0 Å². The summed E-state index contributed by atoms with van der Waals surface area (Å²) in [5.41, 5.74) is 1.72. The van der Waals surface area contributed by atoms with Gasteiger partial charge in [-0.3, -0.25) is 4.98 Å². The van der Waals surface area contributed by atoms with E-state index in [4.69, 9.17) is 11.6 Å². The minimum Gasteiger partial charge on any atom is -0.493 e. The topological polar surface area (TPSA) is 73.6 Å². The Morgan fingerprint density at radius 1 is 1.21 bits per heavy atom. The van der Waals surface area contributed by atoms with Gasteiger partial charge in [0.05, 0.1) is 11.7 Å². The van der Waals surface area contributed by atoms with Crippen LogP contribution in [0.15, 0.2) is 53.0 Å². The van der Waals surface area contributed by atoms with Crippen LogP contribution < -0.4 is 0 Å². The Bertz CT molecular complexity index is 752. The van der Waals surface area contributed by atoms with Crippen LogP contribution in [0.5, 0.6) is 5.88 Å². The standard InChI is InChI=1S/C13H9ClN4O/c14-8-3-4-11-10(6-8)12(13(19)16-11)18-17-9-2-1-5-15-7-9/h1-7,16,19H. The van der Waals surface area contributed by atoms with Crippen molar-refractivity contribution in [1.29, 1.82) is 0 Å². The third kappa shape index (κ3) is 2.28. The first kappa shape index (κ1) is 11.7. The zero-order valence-electron chi connectivity index (χ0n) is 9.71. The summed E-state index contributed by atoms with van der Waals surface area (Å²) in [6.45, 7) is 0. The average molecular weight is 273 g/mol. The second-order valence-electron chi connectivity index (χ2n) is 3.92. The lowest BCUT2D eigenvalue weighted by Gasteiger charge is -1.93. The molecule has 5 nitrogen and oxygen atoms in total. The zero-order chi connectivity index (χ0) is 13.2. The molecule has 0 bridgehead atoms. The second-order valence-corrected chi connectivity index (χ2v) is 4.36. The molecule has 2 heterocycles. The van der Waals surface area contributed by atoms with Crippen molar-refractivity contribution in [1.82, 2.24) is 9.97 Å². The van der Waals surface area contributed by atoms with Crippen LogP contribution in [-0.2, 0) is 0 Å². The number of H-pyrrole nitrogens is 1. The van der Waals surface area contributed by atoms with Gasteiger partial charge in [-0.2, -0.15) is 0 Å². The highest BCUT2D eigenvalue weighted by Crippen LogP contribution is 2.37. The van der Waals surface area contributed by atoms with E-state index in [9.17, 15) is 5.11 Å². The smallest absolute Gasteiger partial charge is 0.218 e. The van der Waals surface area contributed by atoms with Crippen LogP contribution >= 0.6 is 11.6 Å². The van der Waals surface area contributed by atoms with Crippen LogP contribution in [-0.4, -0.2) is 15.1 Å². The number of benzene rings is 1. The number of hydrogen-bond donors (Lipinski definition) is 2. The van der Waals surface area contributed by atoms with E-state index < -0.39 is 0 Å². The molecule has 0 unspecified atom stereocenters. The predicted molar refractivity (Wildman–Crippen MR) is 73.4 cm³/mol. The van der Waals surface area contributed by atoms with E-state index in [1.807, 2.05) is 0 Å². The molecule has 0 saturated carbocycles. The van der Waals surface area contributed by atoms with Gasteiger partial charge in [-0.15, -0.1) is 10.2 Å². The van der Waals surface area contributed by atoms with E-state index >= 15 is 0 Å². The number of aromatic hydroxyl groups is 1. The van der Waals surface area contributed by atoms with Gasteiger partial charge >= 0.3 is 0 Å². The fraction of sp³-hybridized carbons (Fsp3) is 0. The number of rotatable bonds is 2. The van der Waals surface area contributed by atoms with Gasteiger partial charge in [0, 0.05) is 16.6 Å². The molecule has 0 saturated heterocycles. The van der Waals surface area contributed by atoms with Crippen LogP contribution in [0.1, 0.15) is 0 Å². The number of fused-ring (bicyclic) bond motifs is 1. The van der Waals surface area contributed by atoms with Crippen molar-refractivity contribution in [3.63, 3.8) is 0 Å². The van der Waals surface area contributed by atoms with Gasteiger partial charge in [0.25, 0.3) is 0 Å². The van der Waals surface area contributed by atoms with Gasteiger partial charge in [-0.25, -0.2) is 0 Å². The Labute approximate surface area is 113 Å². The molecule has 0 aliphatic carbocycles. The van der Waals surface area contributed by atoms with Crippen molar-refractivity contribution < 1.29 is 5.11 Å². The summed E-state index contributed by atoms with van der Waals surface area (Å²) in [7, 11) is 0. The number of halogens is 1. The number of aromatic nitrogens is 2. The van der Waals surface area contributed by atoms with E-state index in [1.54, 1.807) is 42.7 Å². The molecular weight excluding hydrogens is 264 g/mol. The Hall–Kier alpha value is -2.40. The first-order valence-electron chi connectivity index (χ1n) is 5.56. The SMILES string of the molecule is Oc1[nH]c2ccc(Cl)cc2c1N=Nc1cccnc1. The van der Waals surface area contributed by atoms with Crippen LogP contribution in [0, 0.1) is 0 Å². The molecule has 0 fully saturated rings. The number of azo groups is 1. The maximum absolute atomic E-state index is 9.84. The van der Waals surface area contributed by atoms with Crippen LogP contribution in [0.25, 0.3) is 10.9 Å². The van der Waals surface area contributed by atoms with Crippen molar-refractivity contribution >= 4 is 33.9 Å². The van der Waals surface area contributed by atoms with Gasteiger partial charge in [-0.1, -0.05) is 11.6 Å². The quantitative estimate of drug-likeness (QED) is 0.681. The third-order valence-electron chi connectivity index (χ3n) is 2.63. The highest BCUT2D eigenvalue weighted by atomic mass is 35.5. The largest absolute Gasteiger partial charge is 0.493 e. The number of hydrogen-bond acceptors (Lipinski definition) is 4. The molecule has 3 rings (SSSR count). The van der Waals surface area contributed by atoms with E-state index in [-0.39, 0.29) is 5.88 Å². The highest BCUT2D eigenvalue weighted by molar-refractivity contribution is 6.31.